The van der Waals surface area contributed by atoms with Gasteiger partial charge >= 0.3 is 5.97 Å². The third-order valence-electron chi connectivity index (χ3n) is 3.68. The minimum atomic E-state index is -0.774. The van der Waals surface area contributed by atoms with Gasteiger partial charge in [-0.1, -0.05) is 18.2 Å². The van der Waals surface area contributed by atoms with E-state index in [1.165, 1.54) is 11.1 Å². The summed E-state index contributed by atoms with van der Waals surface area (Å²) in [5, 5.41) is 13.4. The molecule has 2 aromatic rings. The highest BCUT2D eigenvalue weighted by atomic mass is 16.4. The highest BCUT2D eigenvalue weighted by Crippen LogP contribution is 2.24. The number of para-hydroxylation sites is 1. The Bertz CT molecular complexity index is 636. The van der Waals surface area contributed by atoms with Crippen molar-refractivity contribution in [3.05, 3.63) is 46.3 Å². The lowest BCUT2D eigenvalue weighted by Gasteiger charge is -2.11. The van der Waals surface area contributed by atoms with Gasteiger partial charge in [0.2, 0.25) is 0 Å². The van der Waals surface area contributed by atoms with E-state index in [2.05, 4.69) is 31.1 Å². The van der Waals surface area contributed by atoms with Crippen molar-refractivity contribution in [3.63, 3.8) is 0 Å². The predicted molar refractivity (Wildman–Crippen MR) is 78.5 cm³/mol. The Morgan fingerprint density at radius 3 is 2.35 bits per heavy atom. The summed E-state index contributed by atoms with van der Waals surface area (Å²) in [5.74, 6) is -0.774. The van der Waals surface area contributed by atoms with E-state index in [4.69, 9.17) is 5.11 Å². The Morgan fingerprint density at radius 1 is 1.20 bits per heavy atom. The van der Waals surface area contributed by atoms with Gasteiger partial charge in [-0.15, -0.1) is 0 Å². The van der Waals surface area contributed by atoms with Crippen LogP contribution >= 0.6 is 0 Å². The molecule has 20 heavy (non-hydrogen) atoms. The van der Waals surface area contributed by atoms with Crippen LogP contribution in [0.15, 0.2) is 18.2 Å². The van der Waals surface area contributed by atoms with Crippen molar-refractivity contribution in [2.45, 2.75) is 40.5 Å². The normalized spacial score (nSPS) is 10.8. The third kappa shape index (κ3) is 2.59. The standard InChI is InChI=1S/C16H20N2O2/c1-10-6-5-7-11(2)16(10)18-13(4)14(12(3)17-18)8-9-15(19)20/h5-7H,8-9H2,1-4H3,(H,19,20). The summed E-state index contributed by atoms with van der Waals surface area (Å²) in [4.78, 5) is 10.8. The third-order valence-corrected chi connectivity index (χ3v) is 3.68. The smallest absolute Gasteiger partial charge is 0.303 e. The molecule has 1 aromatic heterocycles. The second kappa shape index (κ2) is 5.49. The van der Waals surface area contributed by atoms with Gasteiger partial charge in [-0.25, -0.2) is 4.68 Å². The first-order chi connectivity index (χ1) is 9.41. The molecule has 0 aliphatic carbocycles. The van der Waals surface area contributed by atoms with Crippen molar-refractivity contribution in [3.8, 4) is 5.69 Å². The lowest BCUT2D eigenvalue weighted by Crippen LogP contribution is -2.05. The molecule has 0 unspecified atom stereocenters. The first-order valence-corrected chi connectivity index (χ1v) is 6.75. The van der Waals surface area contributed by atoms with Gasteiger partial charge in [0.1, 0.15) is 0 Å². The fraction of sp³-hybridized carbons (Fsp3) is 0.375. The fourth-order valence-corrected chi connectivity index (χ4v) is 2.63. The number of aryl methyl sites for hydroxylation is 3. The van der Waals surface area contributed by atoms with Gasteiger partial charge in [0, 0.05) is 12.1 Å². The molecule has 0 spiro atoms. The zero-order valence-electron chi connectivity index (χ0n) is 12.4. The zero-order chi connectivity index (χ0) is 14.9. The highest BCUT2D eigenvalue weighted by molar-refractivity contribution is 5.67. The Balaban J connectivity index is 2.49. The summed E-state index contributed by atoms with van der Waals surface area (Å²) in [6, 6.07) is 6.16. The monoisotopic (exact) mass is 272 g/mol. The lowest BCUT2D eigenvalue weighted by atomic mass is 10.1. The minimum Gasteiger partial charge on any atom is -0.481 e. The van der Waals surface area contributed by atoms with Gasteiger partial charge in [0.25, 0.3) is 0 Å². The number of carboxylic acids is 1. The number of hydrogen-bond donors (Lipinski definition) is 1. The molecule has 0 amide bonds. The van der Waals surface area contributed by atoms with Gasteiger partial charge in [-0.2, -0.15) is 5.10 Å². The Kier molecular flexibility index (Phi) is 3.93. The molecule has 0 radical (unpaired) electrons. The van der Waals surface area contributed by atoms with Crippen molar-refractivity contribution >= 4 is 5.97 Å². The van der Waals surface area contributed by atoms with Crippen LogP contribution in [0.4, 0.5) is 0 Å². The molecule has 4 heteroatoms. The summed E-state index contributed by atoms with van der Waals surface area (Å²) >= 11 is 0. The Labute approximate surface area is 119 Å². The van der Waals surface area contributed by atoms with E-state index in [1.54, 1.807) is 0 Å². The number of nitrogens with zero attached hydrogens (tertiary/aromatic N) is 2. The predicted octanol–water partition coefficient (Wildman–Crippen LogP) is 3.12. The van der Waals surface area contributed by atoms with Gasteiger partial charge < -0.3 is 5.11 Å². The molecule has 0 saturated carbocycles. The molecule has 0 atom stereocenters. The lowest BCUT2D eigenvalue weighted by molar-refractivity contribution is -0.136. The molecule has 4 nitrogen and oxygen atoms in total. The zero-order valence-corrected chi connectivity index (χ0v) is 12.4. The molecule has 1 aromatic carbocycles. The van der Waals surface area contributed by atoms with Crippen molar-refractivity contribution in [2.24, 2.45) is 0 Å². The van der Waals surface area contributed by atoms with E-state index in [-0.39, 0.29) is 6.42 Å². The van der Waals surface area contributed by atoms with E-state index in [1.807, 2.05) is 24.6 Å². The second-order valence-electron chi connectivity index (χ2n) is 5.20. The summed E-state index contributed by atoms with van der Waals surface area (Å²) < 4.78 is 1.94. The van der Waals surface area contributed by atoms with Crippen LogP contribution in [0, 0.1) is 27.7 Å². The van der Waals surface area contributed by atoms with Crippen molar-refractivity contribution in [1.82, 2.24) is 9.78 Å². The van der Waals surface area contributed by atoms with Gasteiger partial charge in [0.05, 0.1) is 11.4 Å². The maximum atomic E-state index is 10.8. The second-order valence-corrected chi connectivity index (χ2v) is 5.20. The molecule has 1 N–H and O–H groups in total. The maximum Gasteiger partial charge on any atom is 0.303 e. The number of aromatic nitrogens is 2. The molecule has 1 heterocycles. The number of aliphatic carboxylic acids is 1. The van der Waals surface area contributed by atoms with Gasteiger partial charge in [-0.05, 0) is 50.8 Å². The average molecular weight is 272 g/mol. The molecule has 0 bridgehead atoms. The Morgan fingerprint density at radius 2 is 1.80 bits per heavy atom. The largest absolute Gasteiger partial charge is 0.481 e. The quantitative estimate of drug-likeness (QED) is 0.930. The van der Waals surface area contributed by atoms with E-state index in [0.29, 0.717) is 6.42 Å². The summed E-state index contributed by atoms with van der Waals surface area (Å²) in [6.07, 6.45) is 0.665. The van der Waals surface area contributed by atoms with Crippen LogP contribution in [-0.4, -0.2) is 20.9 Å². The van der Waals surface area contributed by atoms with Crippen LogP contribution in [0.3, 0.4) is 0 Å². The molecule has 0 aliphatic heterocycles. The SMILES string of the molecule is Cc1cccc(C)c1-n1nc(C)c(CCC(=O)O)c1C. The van der Waals surface area contributed by atoms with E-state index < -0.39 is 5.97 Å². The number of hydrogen-bond acceptors (Lipinski definition) is 2. The molecule has 0 aliphatic rings. The van der Waals surface area contributed by atoms with Gasteiger partial charge in [-0.3, -0.25) is 4.79 Å². The van der Waals surface area contributed by atoms with Crippen LogP contribution in [0.5, 0.6) is 0 Å². The maximum absolute atomic E-state index is 10.8. The highest BCUT2D eigenvalue weighted by Gasteiger charge is 2.16. The Hall–Kier alpha value is -2.10. The average Bonchev–Trinajstić information content (AvgIpc) is 2.62. The number of carbonyl (C=O) groups is 1. The van der Waals surface area contributed by atoms with Crippen LogP contribution in [0.1, 0.15) is 34.5 Å². The first-order valence-electron chi connectivity index (χ1n) is 6.75. The topological polar surface area (TPSA) is 55.1 Å². The molecular formula is C16H20N2O2. The number of benzene rings is 1. The van der Waals surface area contributed by atoms with Crippen molar-refractivity contribution < 1.29 is 9.90 Å². The molecule has 106 valence electrons. The van der Waals surface area contributed by atoms with E-state index >= 15 is 0 Å². The van der Waals surface area contributed by atoms with E-state index in [9.17, 15) is 4.79 Å². The van der Waals surface area contributed by atoms with Crippen LogP contribution in [-0.2, 0) is 11.2 Å². The summed E-state index contributed by atoms with van der Waals surface area (Å²) in [5.41, 5.74) is 6.40. The molecule has 0 fully saturated rings. The fourth-order valence-electron chi connectivity index (χ4n) is 2.63. The van der Waals surface area contributed by atoms with Crippen LogP contribution in [0.25, 0.3) is 5.69 Å². The summed E-state index contributed by atoms with van der Waals surface area (Å²) in [7, 11) is 0. The molecule has 2 rings (SSSR count). The summed E-state index contributed by atoms with van der Waals surface area (Å²) in [6.45, 7) is 8.07. The van der Waals surface area contributed by atoms with Crippen molar-refractivity contribution in [1.29, 1.82) is 0 Å². The van der Waals surface area contributed by atoms with Crippen molar-refractivity contribution in [2.75, 3.05) is 0 Å². The first kappa shape index (κ1) is 14.3. The van der Waals surface area contributed by atoms with Gasteiger partial charge in [0.15, 0.2) is 0 Å². The minimum absolute atomic E-state index is 0.139. The van der Waals surface area contributed by atoms with E-state index in [0.717, 1.165) is 22.6 Å². The van der Waals surface area contributed by atoms with Crippen LogP contribution < -0.4 is 0 Å². The number of carboxylic acid groups (broad SMARTS) is 1. The number of rotatable bonds is 4. The van der Waals surface area contributed by atoms with Crippen LogP contribution in [0.2, 0.25) is 0 Å². The molecule has 0 saturated heterocycles. The molecular weight excluding hydrogens is 252 g/mol.